The van der Waals surface area contributed by atoms with Crippen molar-refractivity contribution in [3.8, 4) is 0 Å². The maximum Gasteiger partial charge on any atom is 0.223 e. The molecule has 0 bridgehead atoms. The second-order valence-corrected chi connectivity index (χ2v) is 6.00. The minimum Gasteiger partial charge on any atom is -0.340 e. The van der Waals surface area contributed by atoms with E-state index >= 15 is 0 Å². The van der Waals surface area contributed by atoms with Crippen LogP contribution in [0.4, 0.5) is 0 Å². The minimum atomic E-state index is -0.992. The summed E-state index contributed by atoms with van der Waals surface area (Å²) >= 11 is 6.86. The predicted molar refractivity (Wildman–Crippen MR) is 78.0 cm³/mol. The predicted octanol–water partition coefficient (Wildman–Crippen LogP) is 3.72. The van der Waals surface area contributed by atoms with Crippen molar-refractivity contribution in [2.24, 2.45) is 0 Å². The molecular formula is C14H10Br2O3. The SMILES string of the molecule is C=CC1=CC(=O)c2cc(Br)c(Br)cc2C12OCCO2. The first-order valence-electron chi connectivity index (χ1n) is 5.75. The van der Waals surface area contributed by atoms with Gasteiger partial charge < -0.3 is 9.47 Å². The van der Waals surface area contributed by atoms with Crippen LogP contribution in [0, 0.1) is 0 Å². The summed E-state index contributed by atoms with van der Waals surface area (Å²) < 4.78 is 13.3. The number of rotatable bonds is 1. The topological polar surface area (TPSA) is 35.5 Å². The summed E-state index contributed by atoms with van der Waals surface area (Å²) in [5, 5.41) is 0. The molecule has 1 spiro atoms. The van der Waals surface area contributed by atoms with E-state index in [4.69, 9.17) is 9.47 Å². The van der Waals surface area contributed by atoms with E-state index in [9.17, 15) is 4.79 Å². The quantitative estimate of drug-likeness (QED) is 0.739. The second-order valence-electron chi connectivity index (χ2n) is 4.29. The van der Waals surface area contributed by atoms with E-state index in [1.807, 2.05) is 6.07 Å². The molecule has 98 valence electrons. The zero-order valence-corrected chi connectivity index (χ0v) is 13.1. The van der Waals surface area contributed by atoms with Crippen molar-refractivity contribution in [2.45, 2.75) is 5.79 Å². The summed E-state index contributed by atoms with van der Waals surface area (Å²) in [6.45, 7) is 4.73. The van der Waals surface area contributed by atoms with Crippen molar-refractivity contribution in [3.63, 3.8) is 0 Å². The summed E-state index contributed by atoms with van der Waals surface area (Å²) in [6, 6.07) is 3.64. The summed E-state index contributed by atoms with van der Waals surface area (Å²) in [5.74, 6) is -1.06. The third-order valence-corrected chi connectivity index (χ3v) is 5.11. The van der Waals surface area contributed by atoms with Gasteiger partial charge >= 0.3 is 0 Å². The molecule has 3 rings (SSSR count). The van der Waals surface area contributed by atoms with E-state index < -0.39 is 5.79 Å². The number of fused-ring (bicyclic) bond motifs is 2. The number of halogens is 2. The van der Waals surface area contributed by atoms with Gasteiger partial charge in [0.05, 0.1) is 13.2 Å². The first-order chi connectivity index (χ1) is 9.08. The van der Waals surface area contributed by atoms with E-state index in [0.717, 1.165) is 14.5 Å². The third kappa shape index (κ3) is 1.88. The van der Waals surface area contributed by atoms with Gasteiger partial charge in [-0.1, -0.05) is 12.7 Å². The number of hydrogen-bond acceptors (Lipinski definition) is 3. The number of ketones is 1. The van der Waals surface area contributed by atoms with Gasteiger partial charge in [-0.3, -0.25) is 4.79 Å². The molecule has 0 aromatic heterocycles. The van der Waals surface area contributed by atoms with Gasteiger partial charge in [-0.05, 0) is 50.1 Å². The Balaban J connectivity index is 2.30. The van der Waals surface area contributed by atoms with Gasteiger partial charge in [0.2, 0.25) is 5.79 Å². The molecule has 5 heteroatoms. The van der Waals surface area contributed by atoms with Gasteiger partial charge in [-0.15, -0.1) is 0 Å². The van der Waals surface area contributed by atoms with Gasteiger partial charge in [-0.25, -0.2) is 0 Å². The molecule has 0 radical (unpaired) electrons. The van der Waals surface area contributed by atoms with Crippen LogP contribution in [0.5, 0.6) is 0 Å². The fourth-order valence-corrected chi connectivity index (χ4v) is 3.11. The Labute approximate surface area is 127 Å². The lowest BCUT2D eigenvalue weighted by Crippen LogP contribution is -2.34. The molecule has 3 nitrogen and oxygen atoms in total. The minimum absolute atomic E-state index is 0.0668. The monoisotopic (exact) mass is 384 g/mol. The number of allylic oxidation sites excluding steroid dienone is 1. The van der Waals surface area contributed by atoms with Crippen molar-refractivity contribution in [1.82, 2.24) is 0 Å². The zero-order chi connectivity index (χ0) is 13.6. The highest BCUT2D eigenvalue weighted by Crippen LogP contribution is 2.45. The van der Waals surface area contributed by atoms with E-state index in [2.05, 4.69) is 38.4 Å². The van der Waals surface area contributed by atoms with Crippen LogP contribution in [0.1, 0.15) is 15.9 Å². The molecule has 0 N–H and O–H groups in total. The Bertz CT molecular complexity index is 613. The maximum atomic E-state index is 12.2. The maximum absolute atomic E-state index is 12.2. The Hall–Kier alpha value is -0.750. The number of benzene rings is 1. The molecule has 0 unspecified atom stereocenters. The van der Waals surface area contributed by atoms with Gasteiger partial charge in [0.1, 0.15) is 0 Å². The molecule has 19 heavy (non-hydrogen) atoms. The molecule has 1 aliphatic heterocycles. The van der Waals surface area contributed by atoms with Crippen LogP contribution in [-0.2, 0) is 15.3 Å². The lowest BCUT2D eigenvalue weighted by molar-refractivity contribution is -0.131. The largest absolute Gasteiger partial charge is 0.340 e. The summed E-state index contributed by atoms with van der Waals surface area (Å²) in [4.78, 5) is 12.2. The Morgan fingerprint density at radius 3 is 2.47 bits per heavy atom. The highest BCUT2D eigenvalue weighted by Gasteiger charge is 2.46. The lowest BCUT2D eigenvalue weighted by atomic mass is 9.85. The summed E-state index contributed by atoms with van der Waals surface area (Å²) in [5.41, 5.74) is 1.96. The molecule has 1 heterocycles. The molecular weight excluding hydrogens is 376 g/mol. The van der Waals surface area contributed by atoms with Crippen LogP contribution in [0.2, 0.25) is 0 Å². The van der Waals surface area contributed by atoms with E-state index in [1.54, 1.807) is 12.1 Å². The van der Waals surface area contributed by atoms with Crippen molar-refractivity contribution < 1.29 is 14.3 Å². The van der Waals surface area contributed by atoms with Crippen molar-refractivity contribution in [2.75, 3.05) is 13.2 Å². The number of carbonyl (C=O) groups is 1. The van der Waals surface area contributed by atoms with Crippen LogP contribution in [-0.4, -0.2) is 19.0 Å². The molecule has 1 aromatic rings. The molecule has 1 saturated heterocycles. The smallest absolute Gasteiger partial charge is 0.223 e. The number of ether oxygens (including phenoxy) is 2. The first kappa shape index (κ1) is 13.2. The molecule has 0 amide bonds. The Morgan fingerprint density at radius 1 is 1.21 bits per heavy atom. The molecule has 1 aromatic carbocycles. The standard InChI is InChI=1S/C14H10Br2O3/c1-2-8-5-13(17)9-6-11(15)12(16)7-10(9)14(8)18-3-4-19-14/h2,5-7H,1,3-4H2. The van der Waals surface area contributed by atoms with E-state index in [-0.39, 0.29) is 5.78 Å². The van der Waals surface area contributed by atoms with Gasteiger partial charge in [0, 0.05) is 25.6 Å². The normalized spacial score (nSPS) is 20.3. The fraction of sp³-hybridized carbons (Fsp3) is 0.214. The van der Waals surface area contributed by atoms with Crippen LogP contribution in [0.25, 0.3) is 0 Å². The van der Waals surface area contributed by atoms with Gasteiger partial charge in [0.15, 0.2) is 5.78 Å². The average Bonchev–Trinajstić information content (AvgIpc) is 2.87. The highest BCUT2D eigenvalue weighted by molar-refractivity contribution is 9.13. The van der Waals surface area contributed by atoms with Crippen molar-refractivity contribution in [1.29, 1.82) is 0 Å². The number of hydrogen-bond donors (Lipinski definition) is 0. The second kappa shape index (κ2) is 4.66. The van der Waals surface area contributed by atoms with E-state index in [1.165, 1.54) is 6.08 Å². The molecule has 1 fully saturated rings. The molecule has 2 aliphatic rings. The Morgan fingerprint density at radius 2 is 1.84 bits per heavy atom. The van der Waals surface area contributed by atoms with E-state index in [0.29, 0.717) is 24.4 Å². The van der Waals surface area contributed by atoms with Crippen LogP contribution in [0.15, 0.2) is 45.4 Å². The molecule has 0 atom stereocenters. The number of carbonyl (C=O) groups excluding carboxylic acids is 1. The average molecular weight is 386 g/mol. The Kier molecular flexibility index (Phi) is 3.25. The first-order valence-corrected chi connectivity index (χ1v) is 7.33. The highest BCUT2D eigenvalue weighted by atomic mass is 79.9. The van der Waals surface area contributed by atoms with Crippen LogP contribution < -0.4 is 0 Å². The van der Waals surface area contributed by atoms with Crippen molar-refractivity contribution >= 4 is 37.6 Å². The molecule has 1 aliphatic carbocycles. The summed E-state index contributed by atoms with van der Waals surface area (Å²) in [7, 11) is 0. The van der Waals surface area contributed by atoms with Gasteiger partial charge in [-0.2, -0.15) is 0 Å². The zero-order valence-electron chi connectivity index (χ0n) is 9.91. The molecule has 0 saturated carbocycles. The van der Waals surface area contributed by atoms with Crippen molar-refractivity contribution in [3.05, 3.63) is 56.5 Å². The fourth-order valence-electron chi connectivity index (χ4n) is 2.42. The lowest BCUT2D eigenvalue weighted by Gasteiger charge is -2.33. The van der Waals surface area contributed by atoms with Crippen LogP contribution >= 0.6 is 31.9 Å². The third-order valence-electron chi connectivity index (χ3n) is 3.26. The van der Waals surface area contributed by atoms with Crippen LogP contribution in [0.3, 0.4) is 0 Å². The van der Waals surface area contributed by atoms with Gasteiger partial charge in [0.25, 0.3) is 0 Å². The summed E-state index contributed by atoms with van der Waals surface area (Å²) in [6.07, 6.45) is 3.14.